The molecule has 4 heteroatoms. The van der Waals surface area contributed by atoms with Crippen molar-refractivity contribution in [3.63, 3.8) is 0 Å². The van der Waals surface area contributed by atoms with Gasteiger partial charge in [0.25, 0.3) is 0 Å². The van der Waals surface area contributed by atoms with Gasteiger partial charge in [0.2, 0.25) is 0 Å². The topological polar surface area (TPSA) is 59.3 Å². The van der Waals surface area contributed by atoms with Crippen molar-refractivity contribution in [2.24, 2.45) is 0 Å². The molecule has 1 atom stereocenters. The van der Waals surface area contributed by atoms with E-state index in [0.717, 1.165) is 37.4 Å². The predicted molar refractivity (Wildman–Crippen MR) is 66.9 cm³/mol. The maximum Gasteiger partial charge on any atom is 0.0992 e. The fraction of sp³-hybridized carbons (Fsp3) is 0.462. The summed E-state index contributed by atoms with van der Waals surface area (Å²) in [5, 5.41) is 22.0. The van der Waals surface area contributed by atoms with Crippen molar-refractivity contribution in [2.45, 2.75) is 13.0 Å². The van der Waals surface area contributed by atoms with Crippen LogP contribution in [0.25, 0.3) is 0 Å². The lowest BCUT2D eigenvalue weighted by molar-refractivity contribution is 0.199. The summed E-state index contributed by atoms with van der Waals surface area (Å²) >= 11 is 0. The van der Waals surface area contributed by atoms with Crippen molar-refractivity contribution in [3.05, 3.63) is 29.3 Å². The Morgan fingerprint density at radius 3 is 2.71 bits per heavy atom. The lowest BCUT2D eigenvalue weighted by Gasteiger charge is -2.31. The van der Waals surface area contributed by atoms with E-state index in [4.69, 9.17) is 5.26 Å². The van der Waals surface area contributed by atoms with Crippen LogP contribution >= 0.6 is 0 Å². The minimum atomic E-state index is -0.507. The second-order valence-electron chi connectivity index (χ2n) is 4.30. The molecule has 0 aliphatic carbocycles. The average molecular weight is 231 g/mol. The van der Waals surface area contributed by atoms with Crippen molar-refractivity contribution >= 4 is 5.69 Å². The van der Waals surface area contributed by atoms with Crippen LogP contribution in [-0.2, 0) is 0 Å². The standard InChI is InChI=1S/C13H17N3O/c1-10(17)12-3-2-11(9-14)8-13(12)16-6-4-15-5-7-16/h2-3,8,10,15,17H,4-7H2,1H3/t10-/m0/s1. The van der Waals surface area contributed by atoms with Crippen molar-refractivity contribution < 1.29 is 5.11 Å². The van der Waals surface area contributed by atoms with Crippen molar-refractivity contribution in [3.8, 4) is 6.07 Å². The van der Waals surface area contributed by atoms with Crippen LogP contribution in [0.3, 0.4) is 0 Å². The summed E-state index contributed by atoms with van der Waals surface area (Å²) in [6.07, 6.45) is -0.507. The second-order valence-corrected chi connectivity index (χ2v) is 4.30. The number of nitriles is 1. The van der Waals surface area contributed by atoms with Gasteiger partial charge in [0.1, 0.15) is 0 Å². The number of nitrogens with one attached hydrogen (secondary N) is 1. The molecule has 1 aromatic carbocycles. The van der Waals surface area contributed by atoms with Crippen LogP contribution in [0.1, 0.15) is 24.2 Å². The molecule has 0 unspecified atom stereocenters. The highest BCUT2D eigenvalue weighted by Gasteiger charge is 2.17. The Kier molecular flexibility index (Phi) is 3.62. The molecule has 1 saturated heterocycles. The number of piperazine rings is 1. The van der Waals surface area contributed by atoms with Crippen molar-refractivity contribution in [1.29, 1.82) is 5.26 Å². The van der Waals surface area contributed by atoms with Gasteiger partial charge in [-0.25, -0.2) is 0 Å². The van der Waals surface area contributed by atoms with Crippen molar-refractivity contribution in [1.82, 2.24) is 5.32 Å². The minimum Gasteiger partial charge on any atom is -0.389 e. The van der Waals surface area contributed by atoms with Gasteiger partial charge in [-0.05, 0) is 19.1 Å². The molecule has 4 nitrogen and oxygen atoms in total. The molecule has 17 heavy (non-hydrogen) atoms. The molecule has 0 amide bonds. The second kappa shape index (κ2) is 5.17. The number of anilines is 1. The number of aliphatic hydroxyl groups is 1. The fourth-order valence-corrected chi connectivity index (χ4v) is 2.15. The third-order valence-electron chi connectivity index (χ3n) is 3.07. The molecule has 90 valence electrons. The number of aliphatic hydroxyl groups excluding tert-OH is 1. The maximum absolute atomic E-state index is 9.77. The molecule has 1 heterocycles. The van der Waals surface area contributed by atoms with Crippen LogP contribution in [0.15, 0.2) is 18.2 Å². The largest absolute Gasteiger partial charge is 0.389 e. The van der Waals surface area contributed by atoms with Gasteiger partial charge < -0.3 is 15.3 Å². The minimum absolute atomic E-state index is 0.507. The van der Waals surface area contributed by atoms with Gasteiger partial charge in [-0.15, -0.1) is 0 Å². The summed E-state index contributed by atoms with van der Waals surface area (Å²) in [6, 6.07) is 7.62. The SMILES string of the molecule is C[C@H](O)c1ccc(C#N)cc1N1CCNCC1. The number of benzene rings is 1. The van der Waals surface area contributed by atoms with E-state index in [9.17, 15) is 5.11 Å². The first-order valence-corrected chi connectivity index (χ1v) is 5.90. The van der Waals surface area contributed by atoms with Gasteiger partial charge in [0.15, 0.2) is 0 Å². The van der Waals surface area contributed by atoms with Gasteiger partial charge >= 0.3 is 0 Å². The van der Waals surface area contributed by atoms with E-state index in [1.807, 2.05) is 12.1 Å². The summed E-state index contributed by atoms with van der Waals surface area (Å²) < 4.78 is 0. The van der Waals surface area contributed by atoms with E-state index in [0.29, 0.717) is 5.56 Å². The van der Waals surface area contributed by atoms with Gasteiger partial charge in [-0.3, -0.25) is 0 Å². The Balaban J connectivity index is 2.37. The number of hydrogen-bond donors (Lipinski definition) is 2. The van der Waals surface area contributed by atoms with Crippen LogP contribution in [-0.4, -0.2) is 31.3 Å². The van der Waals surface area contributed by atoms with Crippen LogP contribution in [0.4, 0.5) is 5.69 Å². The smallest absolute Gasteiger partial charge is 0.0992 e. The Hall–Kier alpha value is -1.57. The first-order valence-electron chi connectivity index (χ1n) is 5.90. The first kappa shape index (κ1) is 11.9. The van der Waals surface area contributed by atoms with Crippen LogP contribution in [0, 0.1) is 11.3 Å². The zero-order valence-corrected chi connectivity index (χ0v) is 9.98. The van der Waals surface area contributed by atoms with Gasteiger partial charge in [-0.1, -0.05) is 6.07 Å². The summed E-state index contributed by atoms with van der Waals surface area (Å²) in [4.78, 5) is 2.22. The Bertz CT molecular complexity index is 431. The van der Waals surface area contributed by atoms with Crippen LogP contribution in [0.2, 0.25) is 0 Å². The highest BCUT2D eigenvalue weighted by atomic mass is 16.3. The summed E-state index contributed by atoms with van der Waals surface area (Å²) in [6.45, 7) is 5.46. The number of rotatable bonds is 2. The zero-order valence-electron chi connectivity index (χ0n) is 9.98. The van der Waals surface area contributed by atoms with E-state index in [2.05, 4.69) is 16.3 Å². The quantitative estimate of drug-likeness (QED) is 0.798. The monoisotopic (exact) mass is 231 g/mol. The lowest BCUT2D eigenvalue weighted by atomic mass is 10.0. The molecule has 2 rings (SSSR count). The van der Waals surface area contributed by atoms with E-state index in [1.54, 1.807) is 13.0 Å². The molecule has 0 aromatic heterocycles. The third kappa shape index (κ3) is 2.57. The van der Waals surface area contributed by atoms with E-state index in [1.165, 1.54) is 0 Å². The van der Waals surface area contributed by atoms with E-state index < -0.39 is 6.10 Å². The Morgan fingerprint density at radius 2 is 2.12 bits per heavy atom. The highest BCUT2D eigenvalue weighted by Crippen LogP contribution is 2.27. The molecular weight excluding hydrogens is 214 g/mol. The Morgan fingerprint density at radius 1 is 1.41 bits per heavy atom. The molecule has 1 aliphatic rings. The van der Waals surface area contributed by atoms with Crippen LogP contribution < -0.4 is 10.2 Å². The summed E-state index contributed by atoms with van der Waals surface area (Å²) in [5.74, 6) is 0. The molecule has 1 aliphatic heterocycles. The molecule has 2 N–H and O–H groups in total. The number of hydrogen-bond acceptors (Lipinski definition) is 4. The molecule has 0 bridgehead atoms. The summed E-state index contributed by atoms with van der Waals surface area (Å²) in [7, 11) is 0. The van der Waals surface area contributed by atoms with Crippen LogP contribution in [0.5, 0.6) is 0 Å². The zero-order chi connectivity index (χ0) is 12.3. The molecule has 1 aromatic rings. The molecule has 1 fully saturated rings. The highest BCUT2D eigenvalue weighted by molar-refractivity contribution is 5.58. The van der Waals surface area contributed by atoms with Gasteiger partial charge in [0, 0.05) is 37.4 Å². The third-order valence-corrected chi connectivity index (χ3v) is 3.07. The fourth-order valence-electron chi connectivity index (χ4n) is 2.15. The predicted octanol–water partition coefficient (Wildman–Crippen LogP) is 1.02. The molecule has 0 saturated carbocycles. The maximum atomic E-state index is 9.77. The first-order chi connectivity index (χ1) is 8.22. The van der Waals surface area contributed by atoms with Gasteiger partial charge in [-0.2, -0.15) is 5.26 Å². The Labute approximate surface area is 101 Å². The molecule has 0 radical (unpaired) electrons. The average Bonchev–Trinajstić information content (AvgIpc) is 2.39. The van der Waals surface area contributed by atoms with E-state index in [-0.39, 0.29) is 0 Å². The molecule has 0 spiro atoms. The van der Waals surface area contributed by atoms with Crippen molar-refractivity contribution in [2.75, 3.05) is 31.1 Å². The van der Waals surface area contributed by atoms with Gasteiger partial charge in [0.05, 0.1) is 17.7 Å². The number of nitrogens with zero attached hydrogens (tertiary/aromatic N) is 2. The summed E-state index contributed by atoms with van der Waals surface area (Å²) in [5.41, 5.74) is 2.52. The normalized spacial score (nSPS) is 17.6. The molecular formula is C13H17N3O. The lowest BCUT2D eigenvalue weighted by Crippen LogP contribution is -2.44. The van der Waals surface area contributed by atoms with E-state index >= 15 is 0 Å².